The van der Waals surface area contributed by atoms with E-state index >= 15 is 8.78 Å². The minimum atomic E-state index is -0.678. The molecule has 3 aromatic heterocycles. The minimum Gasteiger partial charge on any atom is -0.374 e. The number of pyridine rings is 1. The predicted octanol–water partition coefficient (Wildman–Crippen LogP) is 5.74. The minimum absolute atomic E-state index is 0.0318. The van der Waals surface area contributed by atoms with Crippen LogP contribution < -0.4 is 5.73 Å². The zero-order valence-corrected chi connectivity index (χ0v) is 21.3. The topological polar surface area (TPSA) is 78.3 Å². The SMILES string of the molecule is CC1=C[C@H](N)C[C@H](c2ccncc2Cc2ncc3ccc(-c4c(F)cc(COC(C)C)cc4F)nn23)C1. The highest BCUT2D eigenvalue weighted by atomic mass is 19.1. The van der Waals surface area contributed by atoms with E-state index in [4.69, 9.17) is 10.5 Å². The second kappa shape index (κ2) is 10.5. The first kappa shape index (κ1) is 25.2. The normalized spacial score (nSPS) is 18.0. The summed E-state index contributed by atoms with van der Waals surface area (Å²) in [5.74, 6) is -0.389. The number of halogens is 2. The summed E-state index contributed by atoms with van der Waals surface area (Å²) >= 11 is 0. The first-order chi connectivity index (χ1) is 17.8. The van der Waals surface area contributed by atoms with Gasteiger partial charge in [0.1, 0.15) is 17.5 Å². The number of rotatable bonds is 7. The number of benzene rings is 1. The van der Waals surface area contributed by atoms with Crippen molar-refractivity contribution < 1.29 is 13.5 Å². The second-order valence-electron chi connectivity index (χ2n) is 10.1. The average Bonchev–Trinajstić information content (AvgIpc) is 3.24. The number of nitrogens with two attached hydrogens (primary N) is 1. The Labute approximate surface area is 215 Å². The van der Waals surface area contributed by atoms with E-state index in [-0.39, 0.29) is 30.0 Å². The van der Waals surface area contributed by atoms with E-state index in [0.717, 1.165) is 23.9 Å². The molecule has 3 heterocycles. The zero-order valence-electron chi connectivity index (χ0n) is 21.3. The number of hydrogen-bond donors (Lipinski definition) is 1. The number of ether oxygens (including phenoxy) is 1. The number of allylic oxidation sites excluding steroid dienone is 1. The van der Waals surface area contributed by atoms with Gasteiger partial charge in [0, 0.05) is 24.9 Å². The molecule has 37 heavy (non-hydrogen) atoms. The Balaban J connectivity index is 1.47. The highest BCUT2D eigenvalue weighted by Crippen LogP contribution is 2.34. The third-order valence-electron chi connectivity index (χ3n) is 6.75. The van der Waals surface area contributed by atoms with Gasteiger partial charge in [-0.1, -0.05) is 11.6 Å². The summed E-state index contributed by atoms with van der Waals surface area (Å²) in [6, 6.07) is 8.06. The van der Waals surface area contributed by atoms with Crippen molar-refractivity contribution in [2.45, 2.75) is 64.7 Å². The summed E-state index contributed by atoms with van der Waals surface area (Å²) in [5, 5.41) is 4.59. The molecule has 0 saturated heterocycles. The van der Waals surface area contributed by atoms with Crippen LogP contribution in [0.5, 0.6) is 0 Å². The van der Waals surface area contributed by atoms with Gasteiger partial charge in [0.05, 0.1) is 35.7 Å². The van der Waals surface area contributed by atoms with Gasteiger partial charge >= 0.3 is 0 Å². The lowest BCUT2D eigenvalue weighted by atomic mass is 9.80. The van der Waals surface area contributed by atoms with E-state index in [2.05, 4.69) is 34.1 Å². The van der Waals surface area contributed by atoms with Gasteiger partial charge in [-0.2, -0.15) is 5.10 Å². The van der Waals surface area contributed by atoms with Crippen molar-refractivity contribution in [3.8, 4) is 11.3 Å². The van der Waals surface area contributed by atoms with Gasteiger partial charge in [0.25, 0.3) is 0 Å². The lowest BCUT2D eigenvalue weighted by Gasteiger charge is -2.27. The molecule has 192 valence electrons. The number of hydrogen-bond acceptors (Lipinski definition) is 5. The van der Waals surface area contributed by atoms with Crippen LogP contribution in [0, 0.1) is 11.6 Å². The third kappa shape index (κ3) is 5.45. The fourth-order valence-corrected chi connectivity index (χ4v) is 5.10. The molecule has 0 amide bonds. The summed E-state index contributed by atoms with van der Waals surface area (Å²) in [5.41, 5.74) is 11.0. The summed E-state index contributed by atoms with van der Waals surface area (Å²) in [6.07, 6.45) is 9.78. The molecule has 0 unspecified atom stereocenters. The molecule has 2 N–H and O–H groups in total. The number of aromatic nitrogens is 4. The summed E-state index contributed by atoms with van der Waals surface area (Å²) in [4.78, 5) is 8.92. The van der Waals surface area contributed by atoms with Gasteiger partial charge in [0.2, 0.25) is 0 Å². The summed E-state index contributed by atoms with van der Waals surface area (Å²) in [7, 11) is 0. The van der Waals surface area contributed by atoms with E-state index in [1.807, 2.05) is 20.0 Å². The van der Waals surface area contributed by atoms with Crippen LogP contribution in [0.3, 0.4) is 0 Å². The number of imidazole rings is 1. The largest absolute Gasteiger partial charge is 0.374 e. The Morgan fingerprint density at radius 3 is 2.65 bits per heavy atom. The lowest BCUT2D eigenvalue weighted by molar-refractivity contribution is 0.0654. The molecule has 1 aliphatic rings. The molecule has 0 radical (unpaired) electrons. The molecule has 1 aromatic carbocycles. The van der Waals surface area contributed by atoms with Crippen LogP contribution in [0.15, 0.2) is 60.6 Å². The van der Waals surface area contributed by atoms with Gasteiger partial charge in [-0.25, -0.2) is 18.3 Å². The van der Waals surface area contributed by atoms with Gasteiger partial charge in [-0.3, -0.25) is 4.98 Å². The molecule has 5 rings (SSSR count). The molecule has 0 aliphatic heterocycles. The average molecular weight is 504 g/mol. The standard InChI is InChI=1S/C29H31F2N5O/c1-17(2)37-16-19-10-25(30)29(26(31)11-19)27-5-4-23-15-34-28(36(23)35-27)13-21-14-33-7-6-24(21)20-8-18(3)9-22(32)12-20/h4-7,9-11,14-15,17,20,22H,8,12-13,16,32H2,1-3H3/t20-,22+/m1/s1. The van der Waals surface area contributed by atoms with Crippen molar-refractivity contribution >= 4 is 5.52 Å². The van der Waals surface area contributed by atoms with Gasteiger partial charge in [0.15, 0.2) is 0 Å². The van der Waals surface area contributed by atoms with E-state index in [0.29, 0.717) is 23.7 Å². The quantitative estimate of drug-likeness (QED) is 0.326. The van der Waals surface area contributed by atoms with E-state index in [9.17, 15) is 0 Å². The van der Waals surface area contributed by atoms with Crippen LogP contribution in [-0.4, -0.2) is 31.7 Å². The summed E-state index contributed by atoms with van der Waals surface area (Å²) < 4.78 is 37.2. The first-order valence-corrected chi connectivity index (χ1v) is 12.6. The Morgan fingerprint density at radius 1 is 1.14 bits per heavy atom. The Morgan fingerprint density at radius 2 is 1.92 bits per heavy atom. The Hall–Kier alpha value is -3.49. The fraction of sp³-hybridized carbons (Fsp3) is 0.345. The molecule has 4 aromatic rings. The summed E-state index contributed by atoms with van der Waals surface area (Å²) in [6.45, 7) is 6.00. The van der Waals surface area contributed by atoms with E-state index in [1.165, 1.54) is 23.3 Å². The van der Waals surface area contributed by atoms with Gasteiger partial charge in [-0.15, -0.1) is 0 Å². The molecule has 0 bridgehead atoms. The molecule has 0 fully saturated rings. The number of nitrogens with zero attached hydrogens (tertiary/aromatic N) is 4. The van der Waals surface area contributed by atoms with Crippen molar-refractivity contribution in [3.63, 3.8) is 0 Å². The fourth-order valence-electron chi connectivity index (χ4n) is 5.10. The van der Waals surface area contributed by atoms with Crippen LogP contribution in [0.2, 0.25) is 0 Å². The molecular weight excluding hydrogens is 472 g/mol. The van der Waals surface area contributed by atoms with Crippen molar-refractivity contribution in [3.05, 3.63) is 94.7 Å². The van der Waals surface area contributed by atoms with Crippen molar-refractivity contribution in [1.82, 2.24) is 19.6 Å². The molecule has 1 aliphatic carbocycles. The Bertz CT molecular complexity index is 1440. The molecule has 8 heteroatoms. The van der Waals surface area contributed by atoms with Gasteiger partial charge < -0.3 is 10.5 Å². The molecular formula is C29H31F2N5O. The molecule has 0 spiro atoms. The lowest BCUT2D eigenvalue weighted by Crippen LogP contribution is -2.25. The first-order valence-electron chi connectivity index (χ1n) is 12.6. The van der Waals surface area contributed by atoms with Crippen molar-refractivity contribution in [1.29, 1.82) is 0 Å². The van der Waals surface area contributed by atoms with Crippen LogP contribution in [-0.2, 0) is 17.8 Å². The van der Waals surface area contributed by atoms with Crippen LogP contribution in [0.25, 0.3) is 16.8 Å². The maximum Gasteiger partial charge on any atom is 0.135 e. The smallest absolute Gasteiger partial charge is 0.135 e. The van der Waals surface area contributed by atoms with Crippen molar-refractivity contribution in [2.24, 2.45) is 5.73 Å². The zero-order chi connectivity index (χ0) is 26.1. The van der Waals surface area contributed by atoms with Crippen LogP contribution in [0.4, 0.5) is 8.78 Å². The monoisotopic (exact) mass is 503 g/mol. The van der Waals surface area contributed by atoms with Crippen LogP contribution >= 0.6 is 0 Å². The highest BCUT2D eigenvalue weighted by Gasteiger charge is 2.23. The third-order valence-corrected chi connectivity index (χ3v) is 6.75. The maximum absolute atomic E-state index is 15.0. The predicted molar refractivity (Wildman–Crippen MR) is 139 cm³/mol. The molecule has 2 atom stereocenters. The van der Waals surface area contributed by atoms with E-state index < -0.39 is 11.6 Å². The molecule has 0 saturated carbocycles. The van der Waals surface area contributed by atoms with Gasteiger partial charge in [-0.05, 0) is 86.6 Å². The highest BCUT2D eigenvalue weighted by molar-refractivity contribution is 5.63. The molecule has 6 nitrogen and oxygen atoms in total. The second-order valence-corrected chi connectivity index (χ2v) is 10.1. The van der Waals surface area contributed by atoms with E-state index in [1.54, 1.807) is 29.0 Å². The van der Waals surface area contributed by atoms with Crippen molar-refractivity contribution in [2.75, 3.05) is 0 Å². The maximum atomic E-state index is 15.0. The van der Waals surface area contributed by atoms with Crippen LogP contribution in [0.1, 0.15) is 62.0 Å². The number of fused-ring (bicyclic) bond motifs is 1. The Kier molecular flexibility index (Phi) is 7.13.